The van der Waals surface area contributed by atoms with Gasteiger partial charge in [0.15, 0.2) is 0 Å². The first-order valence-electron chi connectivity index (χ1n) is 7.71. The molecule has 0 unspecified atom stereocenters. The maximum Gasteiger partial charge on any atom is 0.407 e. The van der Waals surface area contributed by atoms with Crippen molar-refractivity contribution in [3.63, 3.8) is 0 Å². The highest BCUT2D eigenvalue weighted by Gasteiger charge is 2.27. The van der Waals surface area contributed by atoms with Gasteiger partial charge in [0.25, 0.3) is 0 Å². The molecule has 1 amide bonds. The van der Waals surface area contributed by atoms with Crippen LogP contribution in [-0.2, 0) is 4.74 Å². The minimum absolute atomic E-state index is 0.396. The molecule has 5 heteroatoms. The third-order valence-electron chi connectivity index (χ3n) is 3.46. The van der Waals surface area contributed by atoms with Crippen LogP contribution in [0.5, 0.6) is 0 Å². The van der Waals surface area contributed by atoms with Crippen LogP contribution in [0.2, 0.25) is 0 Å². The SMILES string of the molecule is CC(C)(C)OC(=O)NCCNCC1(O)CCCCCC1. The van der Waals surface area contributed by atoms with E-state index in [0.29, 0.717) is 19.6 Å². The van der Waals surface area contributed by atoms with Crippen LogP contribution in [0, 0.1) is 0 Å². The van der Waals surface area contributed by atoms with Gasteiger partial charge in [-0.15, -0.1) is 0 Å². The van der Waals surface area contributed by atoms with E-state index in [0.717, 1.165) is 25.7 Å². The number of rotatable bonds is 5. The second kappa shape index (κ2) is 7.84. The summed E-state index contributed by atoms with van der Waals surface area (Å²) >= 11 is 0. The van der Waals surface area contributed by atoms with Gasteiger partial charge < -0.3 is 20.5 Å². The molecule has 0 heterocycles. The molecule has 0 spiro atoms. The minimum Gasteiger partial charge on any atom is -0.444 e. The lowest BCUT2D eigenvalue weighted by Gasteiger charge is -2.27. The normalized spacial score (nSPS) is 19.2. The monoisotopic (exact) mass is 286 g/mol. The van der Waals surface area contributed by atoms with Crippen LogP contribution in [0.15, 0.2) is 0 Å². The van der Waals surface area contributed by atoms with Crippen molar-refractivity contribution in [2.75, 3.05) is 19.6 Å². The van der Waals surface area contributed by atoms with E-state index in [2.05, 4.69) is 10.6 Å². The highest BCUT2D eigenvalue weighted by Crippen LogP contribution is 2.26. The molecule has 0 aliphatic heterocycles. The van der Waals surface area contributed by atoms with Gasteiger partial charge in [-0.1, -0.05) is 25.7 Å². The molecule has 1 aliphatic carbocycles. The zero-order chi connectivity index (χ0) is 15.1. The van der Waals surface area contributed by atoms with Crippen LogP contribution in [0.25, 0.3) is 0 Å². The van der Waals surface area contributed by atoms with Crippen LogP contribution in [0.1, 0.15) is 59.3 Å². The van der Waals surface area contributed by atoms with Crippen LogP contribution in [-0.4, -0.2) is 42.0 Å². The lowest BCUT2D eigenvalue weighted by Crippen LogP contribution is -2.43. The molecule has 118 valence electrons. The smallest absolute Gasteiger partial charge is 0.407 e. The average molecular weight is 286 g/mol. The van der Waals surface area contributed by atoms with Gasteiger partial charge >= 0.3 is 6.09 Å². The van der Waals surface area contributed by atoms with E-state index in [-0.39, 0.29) is 0 Å². The van der Waals surface area contributed by atoms with Gasteiger partial charge in [0.05, 0.1) is 5.60 Å². The first-order valence-corrected chi connectivity index (χ1v) is 7.71. The third kappa shape index (κ3) is 7.70. The van der Waals surface area contributed by atoms with Gasteiger partial charge in [0, 0.05) is 19.6 Å². The molecule has 3 N–H and O–H groups in total. The predicted octanol–water partition coefficient (Wildman–Crippen LogP) is 2.19. The van der Waals surface area contributed by atoms with Gasteiger partial charge in [0.2, 0.25) is 0 Å². The van der Waals surface area contributed by atoms with Crippen molar-refractivity contribution in [3.05, 3.63) is 0 Å². The molecule has 1 aliphatic rings. The van der Waals surface area contributed by atoms with Crippen molar-refractivity contribution < 1.29 is 14.6 Å². The van der Waals surface area contributed by atoms with Gasteiger partial charge in [0.1, 0.15) is 5.60 Å². The highest BCUT2D eigenvalue weighted by atomic mass is 16.6. The van der Waals surface area contributed by atoms with E-state index in [9.17, 15) is 9.90 Å². The summed E-state index contributed by atoms with van der Waals surface area (Å²) in [4.78, 5) is 11.4. The summed E-state index contributed by atoms with van der Waals surface area (Å²) in [6.07, 6.45) is 6.01. The number of amides is 1. The Bertz CT molecular complexity index is 292. The number of ether oxygens (including phenoxy) is 1. The van der Waals surface area contributed by atoms with Gasteiger partial charge in [-0.3, -0.25) is 0 Å². The number of hydrogen-bond acceptors (Lipinski definition) is 4. The minimum atomic E-state index is -0.567. The van der Waals surface area contributed by atoms with Crippen LogP contribution < -0.4 is 10.6 Å². The van der Waals surface area contributed by atoms with Crippen molar-refractivity contribution in [3.8, 4) is 0 Å². The van der Waals surface area contributed by atoms with E-state index < -0.39 is 17.3 Å². The molecule has 0 aromatic heterocycles. The summed E-state index contributed by atoms with van der Waals surface area (Å²) in [5, 5.41) is 16.4. The summed E-state index contributed by atoms with van der Waals surface area (Å²) in [5.41, 5.74) is -1.03. The Morgan fingerprint density at radius 2 is 1.75 bits per heavy atom. The Hall–Kier alpha value is -0.810. The maximum absolute atomic E-state index is 11.4. The number of alkyl carbamates (subject to hydrolysis) is 1. The fourth-order valence-electron chi connectivity index (χ4n) is 2.45. The van der Waals surface area contributed by atoms with Crippen molar-refractivity contribution in [1.82, 2.24) is 10.6 Å². The maximum atomic E-state index is 11.4. The number of nitrogens with one attached hydrogen (secondary N) is 2. The number of aliphatic hydroxyl groups is 1. The van der Waals surface area contributed by atoms with Crippen molar-refractivity contribution in [2.24, 2.45) is 0 Å². The lowest BCUT2D eigenvalue weighted by atomic mass is 9.94. The number of carbonyl (C=O) groups is 1. The Balaban J connectivity index is 2.10. The first kappa shape index (κ1) is 17.2. The van der Waals surface area contributed by atoms with E-state index in [1.54, 1.807) is 0 Å². The lowest BCUT2D eigenvalue weighted by molar-refractivity contribution is 0.0255. The largest absolute Gasteiger partial charge is 0.444 e. The van der Waals surface area contributed by atoms with E-state index in [1.807, 2.05) is 20.8 Å². The van der Waals surface area contributed by atoms with E-state index in [1.165, 1.54) is 12.8 Å². The zero-order valence-corrected chi connectivity index (χ0v) is 13.1. The molecule has 0 aromatic rings. The standard InChI is InChI=1S/C15H30N2O3/c1-14(2,3)20-13(18)17-11-10-16-12-15(19)8-6-4-5-7-9-15/h16,19H,4-12H2,1-3H3,(H,17,18). The molecule has 1 saturated carbocycles. The Labute approximate surface area is 122 Å². The van der Waals surface area contributed by atoms with Crippen LogP contribution in [0.3, 0.4) is 0 Å². The molecule has 0 saturated heterocycles. The topological polar surface area (TPSA) is 70.6 Å². The summed E-state index contributed by atoms with van der Waals surface area (Å²) in [7, 11) is 0. The molecule has 0 aromatic carbocycles. The van der Waals surface area contributed by atoms with Crippen molar-refractivity contribution in [1.29, 1.82) is 0 Å². The highest BCUT2D eigenvalue weighted by molar-refractivity contribution is 5.67. The first-order chi connectivity index (χ1) is 9.31. The molecule has 0 atom stereocenters. The molecule has 20 heavy (non-hydrogen) atoms. The van der Waals surface area contributed by atoms with Crippen LogP contribution in [0.4, 0.5) is 4.79 Å². The van der Waals surface area contributed by atoms with Gasteiger partial charge in [-0.05, 0) is 33.6 Å². The van der Waals surface area contributed by atoms with Gasteiger partial charge in [-0.2, -0.15) is 0 Å². The third-order valence-corrected chi connectivity index (χ3v) is 3.46. The summed E-state index contributed by atoms with van der Waals surface area (Å²) in [6.45, 7) is 7.26. The fraction of sp³-hybridized carbons (Fsp3) is 0.933. The quantitative estimate of drug-likeness (QED) is 0.535. The fourth-order valence-corrected chi connectivity index (χ4v) is 2.45. The summed E-state index contributed by atoms with van der Waals surface area (Å²) < 4.78 is 5.14. The number of carbonyl (C=O) groups excluding carboxylic acids is 1. The Morgan fingerprint density at radius 1 is 1.15 bits per heavy atom. The Kier molecular flexibility index (Phi) is 6.76. The van der Waals surface area contributed by atoms with Crippen molar-refractivity contribution >= 4 is 6.09 Å². The predicted molar refractivity (Wildman–Crippen MR) is 79.8 cm³/mol. The molecular formula is C15H30N2O3. The van der Waals surface area contributed by atoms with Crippen LogP contribution >= 0.6 is 0 Å². The van der Waals surface area contributed by atoms with Crippen molar-refractivity contribution in [2.45, 2.75) is 70.5 Å². The molecule has 0 bridgehead atoms. The molecule has 1 rings (SSSR count). The number of hydrogen-bond donors (Lipinski definition) is 3. The molecule has 1 fully saturated rings. The molecule has 5 nitrogen and oxygen atoms in total. The summed E-state index contributed by atoms with van der Waals surface area (Å²) in [6, 6.07) is 0. The zero-order valence-electron chi connectivity index (χ0n) is 13.1. The summed E-state index contributed by atoms with van der Waals surface area (Å²) in [5.74, 6) is 0. The van der Waals surface area contributed by atoms with Gasteiger partial charge in [-0.25, -0.2) is 4.79 Å². The second-order valence-electron chi connectivity index (χ2n) is 6.74. The average Bonchev–Trinajstić information content (AvgIpc) is 2.52. The Morgan fingerprint density at radius 3 is 2.30 bits per heavy atom. The van der Waals surface area contributed by atoms with E-state index in [4.69, 9.17) is 4.74 Å². The van der Waals surface area contributed by atoms with E-state index >= 15 is 0 Å². The molecule has 0 radical (unpaired) electrons. The second-order valence-corrected chi connectivity index (χ2v) is 6.74. The molecular weight excluding hydrogens is 256 g/mol.